The maximum Gasteiger partial charge on any atom is 0.342 e. The molecule has 2 atom stereocenters. The summed E-state index contributed by atoms with van der Waals surface area (Å²) in [7, 11) is 0. The van der Waals surface area contributed by atoms with Crippen LogP contribution in [0.25, 0.3) is 0 Å². The summed E-state index contributed by atoms with van der Waals surface area (Å²) in [5.41, 5.74) is 8.26. The zero-order valence-electron chi connectivity index (χ0n) is 10.4. The Labute approximate surface area is 101 Å². The van der Waals surface area contributed by atoms with Crippen LogP contribution in [0.1, 0.15) is 29.7 Å². The van der Waals surface area contributed by atoms with E-state index >= 15 is 0 Å². The van der Waals surface area contributed by atoms with Crippen LogP contribution in [0.4, 0.5) is 4.39 Å². The standard InChI is InChI=1S/C13H18FNO2/c1-4-17-13(16)11(14)12(15)10-7-8(2)5-6-9(10)3/h5-7,11-12H,4,15H2,1-3H3/t11?,12-/m1/s1. The number of benzene rings is 1. The number of carbonyl (C=O) groups is 1. The van der Waals surface area contributed by atoms with Crippen molar-refractivity contribution in [2.75, 3.05) is 6.61 Å². The summed E-state index contributed by atoms with van der Waals surface area (Å²) in [6.07, 6.45) is -1.82. The normalized spacial score (nSPS) is 14.2. The highest BCUT2D eigenvalue weighted by molar-refractivity contribution is 5.75. The molecule has 1 unspecified atom stereocenters. The van der Waals surface area contributed by atoms with Crippen LogP contribution in [0.5, 0.6) is 0 Å². The van der Waals surface area contributed by atoms with Crippen molar-refractivity contribution in [2.45, 2.75) is 33.0 Å². The van der Waals surface area contributed by atoms with E-state index in [2.05, 4.69) is 4.74 Å². The fourth-order valence-electron chi connectivity index (χ4n) is 1.65. The molecule has 0 radical (unpaired) electrons. The summed E-state index contributed by atoms with van der Waals surface area (Å²) in [6, 6.07) is 4.60. The molecule has 17 heavy (non-hydrogen) atoms. The summed E-state index contributed by atoms with van der Waals surface area (Å²) < 4.78 is 18.4. The second kappa shape index (κ2) is 5.77. The Morgan fingerprint density at radius 3 is 2.71 bits per heavy atom. The van der Waals surface area contributed by atoms with Gasteiger partial charge in [0.15, 0.2) is 0 Å². The number of hydrogen-bond acceptors (Lipinski definition) is 3. The molecule has 0 fully saturated rings. The molecule has 0 aliphatic carbocycles. The fraction of sp³-hybridized carbons (Fsp3) is 0.462. The van der Waals surface area contributed by atoms with Gasteiger partial charge in [0, 0.05) is 0 Å². The third-order valence-electron chi connectivity index (χ3n) is 2.62. The van der Waals surface area contributed by atoms with E-state index < -0.39 is 18.2 Å². The average molecular weight is 239 g/mol. The van der Waals surface area contributed by atoms with Crippen molar-refractivity contribution in [3.8, 4) is 0 Å². The SMILES string of the molecule is CCOC(=O)C(F)[C@H](N)c1cc(C)ccc1C. The van der Waals surface area contributed by atoms with Crippen molar-refractivity contribution in [1.29, 1.82) is 0 Å². The van der Waals surface area contributed by atoms with Gasteiger partial charge in [0.05, 0.1) is 12.6 Å². The van der Waals surface area contributed by atoms with Crippen molar-refractivity contribution in [3.05, 3.63) is 34.9 Å². The zero-order valence-corrected chi connectivity index (χ0v) is 10.4. The minimum Gasteiger partial charge on any atom is -0.464 e. The van der Waals surface area contributed by atoms with E-state index in [9.17, 15) is 9.18 Å². The fourth-order valence-corrected chi connectivity index (χ4v) is 1.65. The van der Waals surface area contributed by atoms with Crippen LogP contribution in [0.15, 0.2) is 18.2 Å². The first-order valence-corrected chi connectivity index (χ1v) is 5.60. The predicted octanol–water partition coefficient (Wildman–Crippen LogP) is 2.20. The number of halogens is 1. The third-order valence-corrected chi connectivity index (χ3v) is 2.62. The van der Waals surface area contributed by atoms with Gasteiger partial charge in [0.2, 0.25) is 6.17 Å². The Bertz CT molecular complexity index is 406. The molecule has 0 spiro atoms. The molecule has 0 saturated carbocycles. The van der Waals surface area contributed by atoms with Gasteiger partial charge in [-0.15, -0.1) is 0 Å². The van der Waals surface area contributed by atoms with Gasteiger partial charge in [-0.05, 0) is 31.9 Å². The number of carbonyl (C=O) groups excluding carboxylic acids is 1. The van der Waals surface area contributed by atoms with Gasteiger partial charge < -0.3 is 10.5 Å². The van der Waals surface area contributed by atoms with Gasteiger partial charge in [-0.2, -0.15) is 0 Å². The van der Waals surface area contributed by atoms with Crippen molar-refractivity contribution < 1.29 is 13.9 Å². The number of esters is 1. The van der Waals surface area contributed by atoms with Gasteiger partial charge >= 0.3 is 5.97 Å². The first-order chi connectivity index (χ1) is 7.97. The molecule has 0 saturated heterocycles. The minimum atomic E-state index is -1.82. The van der Waals surface area contributed by atoms with Crippen LogP contribution in [-0.2, 0) is 9.53 Å². The largest absolute Gasteiger partial charge is 0.464 e. The lowest BCUT2D eigenvalue weighted by Crippen LogP contribution is -2.32. The average Bonchev–Trinajstić information content (AvgIpc) is 2.30. The topological polar surface area (TPSA) is 52.3 Å². The number of aryl methyl sites for hydroxylation is 2. The van der Waals surface area contributed by atoms with Crippen molar-refractivity contribution >= 4 is 5.97 Å². The second-order valence-corrected chi connectivity index (χ2v) is 4.04. The third kappa shape index (κ3) is 3.27. The molecule has 1 rings (SSSR count). The van der Waals surface area contributed by atoms with Crippen LogP contribution in [0, 0.1) is 13.8 Å². The van der Waals surface area contributed by atoms with E-state index in [0.717, 1.165) is 11.1 Å². The van der Waals surface area contributed by atoms with Gasteiger partial charge in [-0.1, -0.05) is 23.8 Å². The van der Waals surface area contributed by atoms with Gasteiger partial charge in [0.25, 0.3) is 0 Å². The summed E-state index contributed by atoms with van der Waals surface area (Å²) >= 11 is 0. The first kappa shape index (κ1) is 13.6. The number of ether oxygens (including phenoxy) is 1. The molecule has 0 aliphatic heterocycles. The molecule has 0 aliphatic rings. The Kier molecular flexibility index (Phi) is 4.63. The molecular weight excluding hydrogens is 221 g/mol. The molecule has 3 nitrogen and oxygen atoms in total. The van der Waals surface area contributed by atoms with Crippen molar-refractivity contribution in [2.24, 2.45) is 5.73 Å². The maximum atomic E-state index is 13.8. The molecule has 0 bridgehead atoms. The number of nitrogens with two attached hydrogens (primary N) is 1. The molecule has 0 amide bonds. The summed E-state index contributed by atoms with van der Waals surface area (Å²) in [4.78, 5) is 11.3. The highest BCUT2D eigenvalue weighted by atomic mass is 19.1. The summed E-state index contributed by atoms with van der Waals surface area (Å²) in [5.74, 6) is -0.902. The Morgan fingerprint density at radius 2 is 2.12 bits per heavy atom. The van der Waals surface area contributed by atoms with E-state index in [4.69, 9.17) is 5.73 Å². The van der Waals surface area contributed by atoms with Gasteiger partial charge in [0.1, 0.15) is 0 Å². The van der Waals surface area contributed by atoms with Gasteiger partial charge in [-0.3, -0.25) is 0 Å². The van der Waals surface area contributed by atoms with Crippen LogP contribution in [0.3, 0.4) is 0 Å². The Balaban J connectivity index is 2.91. The van der Waals surface area contributed by atoms with Crippen LogP contribution in [-0.4, -0.2) is 18.7 Å². The Morgan fingerprint density at radius 1 is 1.47 bits per heavy atom. The number of alkyl halides is 1. The monoisotopic (exact) mass is 239 g/mol. The zero-order chi connectivity index (χ0) is 13.0. The first-order valence-electron chi connectivity index (χ1n) is 5.60. The lowest BCUT2D eigenvalue weighted by Gasteiger charge is -2.18. The van der Waals surface area contributed by atoms with Crippen LogP contribution < -0.4 is 5.73 Å². The lowest BCUT2D eigenvalue weighted by atomic mass is 9.96. The van der Waals surface area contributed by atoms with E-state index in [1.54, 1.807) is 13.0 Å². The second-order valence-electron chi connectivity index (χ2n) is 4.04. The maximum absolute atomic E-state index is 13.8. The molecule has 94 valence electrons. The Hall–Kier alpha value is -1.42. The number of hydrogen-bond donors (Lipinski definition) is 1. The van der Waals surface area contributed by atoms with Crippen LogP contribution >= 0.6 is 0 Å². The lowest BCUT2D eigenvalue weighted by molar-refractivity contribution is -0.149. The molecule has 2 N–H and O–H groups in total. The molecular formula is C13H18FNO2. The smallest absolute Gasteiger partial charge is 0.342 e. The summed E-state index contributed by atoms with van der Waals surface area (Å²) in [5, 5.41) is 0. The minimum absolute atomic E-state index is 0.152. The number of rotatable bonds is 4. The van der Waals surface area contributed by atoms with E-state index in [-0.39, 0.29) is 6.61 Å². The predicted molar refractivity (Wildman–Crippen MR) is 64.4 cm³/mol. The molecule has 0 aromatic heterocycles. The summed E-state index contributed by atoms with van der Waals surface area (Å²) in [6.45, 7) is 5.52. The highest BCUT2D eigenvalue weighted by Gasteiger charge is 2.28. The van der Waals surface area contributed by atoms with Crippen molar-refractivity contribution in [1.82, 2.24) is 0 Å². The van der Waals surface area contributed by atoms with Crippen LogP contribution in [0.2, 0.25) is 0 Å². The molecule has 1 aromatic carbocycles. The molecule has 4 heteroatoms. The quantitative estimate of drug-likeness (QED) is 0.819. The van der Waals surface area contributed by atoms with E-state index in [1.807, 2.05) is 26.0 Å². The molecule has 1 aromatic rings. The molecule has 0 heterocycles. The van der Waals surface area contributed by atoms with Crippen molar-refractivity contribution in [3.63, 3.8) is 0 Å². The van der Waals surface area contributed by atoms with E-state index in [0.29, 0.717) is 5.56 Å². The van der Waals surface area contributed by atoms with Gasteiger partial charge in [-0.25, -0.2) is 9.18 Å². The van der Waals surface area contributed by atoms with E-state index in [1.165, 1.54) is 0 Å². The highest BCUT2D eigenvalue weighted by Crippen LogP contribution is 2.22.